The number of aliphatic hydroxyl groups is 1. The molecule has 1 aliphatic rings. The fraction of sp³-hybridized carbons (Fsp3) is 0.455. The Morgan fingerprint density at radius 2 is 2.14 bits per heavy atom. The molecule has 2 heterocycles. The zero-order valence-electron chi connectivity index (χ0n) is 16.9. The molecule has 1 fully saturated rings. The third kappa shape index (κ3) is 4.68. The summed E-state index contributed by atoms with van der Waals surface area (Å²) in [6, 6.07) is 6.03. The van der Waals surface area contributed by atoms with Gasteiger partial charge in [0.2, 0.25) is 0 Å². The number of nitrogens with one attached hydrogen (secondary N) is 2. The summed E-state index contributed by atoms with van der Waals surface area (Å²) >= 11 is 0. The maximum Gasteiger partial charge on any atom is 0.253 e. The van der Waals surface area contributed by atoms with Gasteiger partial charge in [0.15, 0.2) is 0 Å². The number of carbonyl (C=O) groups is 1. The van der Waals surface area contributed by atoms with Crippen molar-refractivity contribution in [2.24, 2.45) is 0 Å². The first-order chi connectivity index (χ1) is 13.9. The van der Waals surface area contributed by atoms with Crippen LogP contribution < -0.4 is 5.32 Å². The van der Waals surface area contributed by atoms with E-state index >= 15 is 0 Å². The van der Waals surface area contributed by atoms with Gasteiger partial charge in [-0.2, -0.15) is 0 Å². The maximum atomic E-state index is 13.1. The largest absolute Gasteiger partial charge is 0.388 e. The van der Waals surface area contributed by atoms with Gasteiger partial charge in [-0.1, -0.05) is 0 Å². The predicted molar refractivity (Wildman–Crippen MR) is 111 cm³/mol. The molecule has 7 heteroatoms. The standard InChI is InChI=1S/C22H28N4O3/c1-22(2,28)13-29-18-5-3-16(4-6-18)25-21(27)19-12-17(26-10-9-23-14-26)11-15-7-8-24-20(15)19/h7-12,14,16,18,24,28H,3-6,13H2,1-2H3,(H,25,27)/t16-,18-. The Hall–Kier alpha value is -2.64. The molecule has 1 aliphatic carbocycles. The summed E-state index contributed by atoms with van der Waals surface area (Å²) in [5.74, 6) is -0.0692. The van der Waals surface area contributed by atoms with E-state index in [0.717, 1.165) is 42.3 Å². The molecular weight excluding hydrogens is 368 g/mol. The normalized spacial score (nSPS) is 20.1. The van der Waals surface area contributed by atoms with Gasteiger partial charge in [0.05, 0.1) is 35.7 Å². The van der Waals surface area contributed by atoms with E-state index in [2.05, 4.69) is 15.3 Å². The number of H-pyrrole nitrogens is 1. The average Bonchev–Trinajstić information content (AvgIpc) is 3.37. The van der Waals surface area contributed by atoms with Crippen LogP contribution in [0.2, 0.25) is 0 Å². The van der Waals surface area contributed by atoms with Gasteiger partial charge in [0.25, 0.3) is 5.91 Å². The van der Waals surface area contributed by atoms with Crippen LogP contribution in [-0.2, 0) is 4.74 Å². The highest BCUT2D eigenvalue weighted by Gasteiger charge is 2.25. The van der Waals surface area contributed by atoms with E-state index in [-0.39, 0.29) is 18.1 Å². The van der Waals surface area contributed by atoms with Gasteiger partial charge in [-0.05, 0) is 57.7 Å². The van der Waals surface area contributed by atoms with Gasteiger partial charge in [-0.15, -0.1) is 0 Å². The van der Waals surface area contributed by atoms with Gasteiger partial charge < -0.3 is 24.7 Å². The first kappa shape index (κ1) is 19.7. The molecule has 0 bridgehead atoms. The van der Waals surface area contributed by atoms with Crippen molar-refractivity contribution in [1.82, 2.24) is 19.9 Å². The number of nitrogens with zero attached hydrogens (tertiary/aromatic N) is 2. The molecule has 0 aliphatic heterocycles. The molecule has 29 heavy (non-hydrogen) atoms. The number of hydrogen-bond donors (Lipinski definition) is 3. The summed E-state index contributed by atoms with van der Waals surface area (Å²) in [5, 5.41) is 14.0. The minimum atomic E-state index is -0.813. The molecule has 0 unspecified atom stereocenters. The zero-order valence-corrected chi connectivity index (χ0v) is 16.9. The Morgan fingerprint density at radius 3 is 2.83 bits per heavy atom. The van der Waals surface area contributed by atoms with Crippen LogP contribution in [0.1, 0.15) is 49.9 Å². The Morgan fingerprint density at radius 1 is 1.34 bits per heavy atom. The highest BCUT2D eigenvalue weighted by Crippen LogP contribution is 2.25. The number of aromatic nitrogens is 3. The molecule has 3 aromatic rings. The molecule has 0 spiro atoms. The van der Waals surface area contributed by atoms with Crippen LogP contribution in [0.5, 0.6) is 0 Å². The van der Waals surface area contributed by atoms with E-state index in [1.54, 1.807) is 26.4 Å². The van der Waals surface area contributed by atoms with Crippen LogP contribution in [0.25, 0.3) is 16.6 Å². The molecule has 3 N–H and O–H groups in total. The first-order valence-corrected chi connectivity index (χ1v) is 10.1. The van der Waals surface area contributed by atoms with Crippen LogP contribution in [0.3, 0.4) is 0 Å². The lowest BCUT2D eigenvalue weighted by molar-refractivity contribution is -0.0640. The Labute approximate surface area is 170 Å². The maximum absolute atomic E-state index is 13.1. The smallest absolute Gasteiger partial charge is 0.253 e. The number of carbonyl (C=O) groups excluding carboxylic acids is 1. The highest BCUT2D eigenvalue weighted by molar-refractivity contribution is 6.06. The summed E-state index contributed by atoms with van der Waals surface area (Å²) in [6.07, 6.45) is 10.8. The number of ether oxygens (including phenoxy) is 1. The van der Waals surface area contributed by atoms with Crippen molar-refractivity contribution in [1.29, 1.82) is 0 Å². The number of aromatic amines is 1. The molecule has 1 aromatic carbocycles. The molecule has 1 amide bonds. The van der Waals surface area contributed by atoms with Crippen molar-refractivity contribution in [3.63, 3.8) is 0 Å². The summed E-state index contributed by atoms with van der Waals surface area (Å²) in [4.78, 5) is 20.4. The SMILES string of the molecule is CC(C)(O)CO[C@H]1CC[C@H](NC(=O)c2cc(-n3ccnc3)cc3cc[nH]c23)CC1. The van der Waals surface area contributed by atoms with E-state index in [4.69, 9.17) is 4.74 Å². The van der Waals surface area contributed by atoms with Gasteiger partial charge >= 0.3 is 0 Å². The number of imidazole rings is 1. The van der Waals surface area contributed by atoms with Crippen LogP contribution >= 0.6 is 0 Å². The van der Waals surface area contributed by atoms with Gasteiger partial charge in [-0.25, -0.2) is 4.98 Å². The third-order valence-electron chi connectivity index (χ3n) is 5.37. The molecule has 4 rings (SSSR count). The molecule has 0 radical (unpaired) electrons. The fourth-order valence-electron chi connectivity index (χ4n) is 3.85. The minimum Gasteiger partial charge on any atom is -0.388 e. The molecule has 0 atom stereocenters. The van der Waals surface area contributed by atoms with E-state index in [0.29, 0.717) is 12.2 Å². The molecular formula is C22H28N4O3. The fourth-order valence-corrected chi connectivity index (χ4v) is 3.85. The van der Waals surface area contributed by atoms with Crippen molar-refractivity contribution in [2.45, 2.75) is 57.3 Å². The van der Waals surface area contributed by atoms with E-state index in [1.165, 1.54) is 0 Å². The van der Waals surface area contributed by atoms with E-state index < -0.39 is 5.60 Å². The van der Waals surface area contributed by atoms with E-state index in [1.807, 2.05) is 35.2 Å². The average molecular weight is 396 g/mol. The molecule has 154 valence electrons. The molecule has 1 saturated carbocycles. The van der Waals surface area contributed by atoms with Crippen molar-refractivity contribution in [2.75, 3.05) is 6.61 Å². The summed E-state index contributed by atoms with van der Waals surface area (Å²) < 4.78 is 7.71. The molecule has 2 aromatic heterocycles. The number of amides is 1. The monoisotopic (exact) mass is 396 g/mol. The van der Waals surface area contributed by atoms with Crippen LogP contribution in [0.15, 0.2) is 43.1 Å². The van der Waals surface area contributed by atoms with E-state index in [9.17, 15) is 9.90 Å². The summed E-state index contributed by atoms with van der Waals surface area (Å²) in [6.45, 7) is 3.83. The third-order valence-corrected chi connectivity index (χ3v) is 5.37. The topological polar surface area (TPSA) is 92.2 Å². The number of hydrogen-bond acceptors (Lipinski definition) is 4. The van der Waals surface area contributed by atoms with Gasteiger partial charge in [-0.3, -0.25) is 4.79 Å². The zero-order chi connectivity index (χ0) is 20.4. The van der Waals surface area contributed by atoms with Crippen LogP contribution in [-0.4, -0.2) is 49.9 Å². The molecule has 7 nitrogen and oxygen atoms in total. The Balaban J connectivity index is 1.43. The van der Waals surface area contributed by atoms with Crippen molar-refractivity contribution < 1.29 is 14.6 Å². The summed E-state index contributed by atoms with van der Waals surface area (Å²) in [7, 11) is 0. The first-order valence-electron chi connectivity index (χ1n) is 10.1. The minimum absolute atomic E-state index is 0.0692. The second-order valence-corrected chi connectivity index (χ2v) is 8.48. The number of fused-ring (bicyclic) bond motifs is 1. The van der Waals surface area contributed by atoms with Crippen molar-refractivity contribution >= 4 is 16.8 Å². The van der Waals surface area contributed by atoms with Crippen molar-refractivity contribution in [3.8, 4) is 5.69 Å². The van der Waals surface area contributed by atoms with Gasteiger partial charge in [0, 0.05) is 35.7 Å². The lowest BCUT2D eigenvalue weighted by atomic mass is 9.92. The Kier molecular flexibility index (Phi) is 5.43. The highest BCUT2D eigenvalue weighted by atomic mass is 16.5. The lowest BCUT2D eigenvalue weighted by Crippen LogP contribution is -2.40. The quantitative estimate of drug-likeness (QED) is 0.597. The second kappa shape index (κ2) is 8.00. The lowest BCUT2D eigenvalue weighted by Gasteiger charge is -2.31. The van der Waals surface area contributed by atoms with Crippen LogP contribution in [0.4, 0.5) is 0 Å². The number of rotatable bonds is 6. The summed E-state index contributed by atoms with van der Waals surface area (Å²) in [5.41, 5.74) is 1.57. The second-order valence-electron chi connectivity index (χ2n) is 8.48. The van der Waals surface area contributed by atoms with Gasteiger partial charge in [0.1, 0.15) is 0 Å². The Bertz CT molecular complexity index is 964. The van der Waals surface area contributed by atoms with Crippen molar-refractivity contribution in [3.05, 3.63) is 48.7 Å². The predicted octanol–water partition coefficient (Wildman–Crippen LogP) is 3.18. The van der Waals surface area contributed by atoms with Crippen LogP contribution in [0, 0.1) is 0 Å². The molecule has 0 saturated heterocycles. The number of benzene rings is 1.